The molecule has 6 heteroatoms. The van der Waals surface area contributed by atoms with Gasteiger partial charge >= 0.3 is 0 Å². The minimum absolute atomic E-state index is 0.0508. The average Bonchev–Trinajstić information content (AvgIpc) is 3.00. The molecule has 0 saturated carbocycles. The number of thiophene rings is 1. The summed E-state index contributed by atoms with van der Waals surface area (Å²) in [7, 11) is 0. The molecule has 1 N–H and O–H groups in total. The molecule has 1 aliphatic carbocycles. The summed E-state index contributed by atoms with van der Waals surface area (Å²) in [4.78, 5) is 19.8. The van der Waals surface area contributed by atoms with Gasteiger partial charge in [-0.05, 0) is 48.9 Å². The molecule has 0 spiro atoms. The maximum absolute atomic E-state index is 13.1. The monoisotopic (exact) mass is 385 g/mol. The van der Waals surface area contributed by atoms with Crippen LogP contribution in [-0.4, -0.2) is 21.6 Å². The van der Waals surface area contributed by atoms with Gasteiger partial charge in [0.1, 0.15) is 10.6 Å². The third-order valence-corrected chi connectivity index (χ3v) is 6.32. The predicted octanol–water partition coefficient (Wildman–Crippen LogP) is 3.70. The summed E-state index contributed by atoms with van der Waals surface area (Å²) in [6.07, 6.45) is 5.29. The normalized spacial score (nSPS) is 16.8. The zero-order valence-corrected chi connectivity index (χ0v) is 16.5. The van der Waals surface area contributed by atoms with E-state index in [0.717, 1.165) is 35.0 Å². The Labute approximate surface area is 162 Å². The Balaban J connectivity index is 1.59. The molecule has 1 atom stereocenters. The van der Waals surface area contributed by atoms with Crippen LogP contribution in [-0.2, 0) is 25.8 Å². The van der Waals surface area contributed by atoms with E-state index in [-0.39, 0.29) is 11.4 Å². The Hall–Kier alpha value is -2.05. The van der Waals surface area contributed by atoms with Crippen molar-refractivity contribution in [2.24, 2.45) is 0 Å². The molecule has 4 rings (SSSR count). The van der Waals surface area contributed by atoms with Gasteiger partial charge in [0.2, 0.25) is 0 Å². The fourth-order valence-electron chi connectivity index (χ4n) is 3.87. The largest absolute Gasteiger partial charge is 0.311 e. The van der Waals surface area contributed by atoms with Crippen LogP contribution in [0.4, 0.5) is 4.39 Å². The number of aromatic nitrogens is 2. The highest BCUT2D eigenvalue weighted by atomic mass is 32.1. The molecule has 2 heterocycles. The number of benzene rings is 1. The molecule has 4 nitrogen and oxygen atoms in total. The second kappa shape index (κ2) is 7.52. The molecule has 0 unspecified atom stereocenters. The Morgan fingerprint density at radius 1 is 1.33 bits per heavy atom. The molecule has 0 radical (unpaired) electrons. The van der Waals surface area contributed by atoms with Crippen LogP contribution in [0.25, 0.3) is 10.2 Å². The van der Waals surface area contributed by atoms with Gasteiger partial charge in [-0.15, -0.1) is 11.3 Å². The van der Waals surface area contributed by atoms with Gasteiger partial charge in [-0.1, -0.05) is 26.0 Å². The van der Waals surface area contributed by atoms with Crippen molar-refractivity contribution in [1.82, 2.24) is 14.9 Å². The second-order valence-electron chi connectivity index (χ2n) is 7.56. The van der Waals surface area contributed by atoms with Gasteiger partial charge in [0.25, 0.3) is 5.56 Å². The van der Waals surface area contributed by atoms with E-state index in [4.69, 9.17) is 0 Å². The van der Waals surface area contributed by atoms with Crippen molar-refractivity contribution in [2.45, 2.75) is 58.2 Å². The Morgan fingerprint density at radius 3 is 2.85 bits per heavy atom. The zero-order valence-electron chi connectivity index (χ0n) is 15.7. The van der Waals surface area contributed by atoms with Crippen molar-refractivity contribution >= 4 is 21.6 Å². The van der Waals surface area contributed by atoms with E-state index < -0.39 is 0 Å². The lowest BCUT2D eigenvalue weighted by Crippen LogP contribution is -2.38. The first-order valence-electron chi connectivity index (χ1n) is 9.51. The Bertz CT molecular complexity index is 1010. The molecule has 0 bridgehead atoms. The molecule has 2 aromatic heterocycles. The lowest BCUT2D eigenvalue weighted by molar-refractivity contribution is 0.425. The van der Waals surface area contributed by atoms with Gasteiger partial charge < -0.3 is 5.32 Å². The standard InChI is InChI=1S/C21H24FN3OS/c1-13(2)24-16-7-8-17-18(11-16)27-20-19(17)21(26)25(12-23-20)10-9-14-3-5-15(22)6-4-14/h3-6,12-13,16,24H,7-11H2,1-2H3/t16-/m1/s1. The third kappa shape index (κ3) is 3.82. The van der Waals surface area contributed by atoms with Crippen molar-refractivity contribution in [1.29, 1.82) is 0 Å². The van der Waals surface area contributed by atoms with Crippen LogP contribution < -0.4 is 10.9 Å². The van der Waals surface area contributed by atoms with Crippen molar-refractivity contribution in [3.63, 3.8) is 0 Å². The van der Waals surface area contributed by atoms with E-state index in [1.165, 1.54) is 22.6 Å². The van der Waals surface area contributed by atoms with Crippen LogP contribution in [0.1, 0.15) is 36.3 Å². The number of aryl methyl sites for hydroxylation is 3. The molecule has 142 valence electrons. The topological polar surface area (TPSA) is 46.9 Å². The summed E-state index contributed by atoms with van der Waals surface area (Å²) in [6.45, 7) is 4.89. The molecule has 0 aliphatic heterocycles. The van der Waals surface area contributed by atoms with Crippen LogP contribution in [0, 0.1) is 5.82 Å². The van der Waals surface area contributed by atoms with E-state index in [9.17, 15) is 9.18 Å². The van der Waals surface area contributed by atoms with Crippen molar-refractivity contribution in [2.75, 3.05) is 0 Å². The first kappa shape index (κ1) is 18.3. The molecular formula is C21H24FN3OS. The van der Waals surface area contributed by atoms with Gasteiger partial charge in [-0.3, -0.25) is 9.36 Å². The summed E-state index contributed by atoms with van der Waals surface area (Å²) in [5.74, 6) is -0.242. The van der Waals surface area contributed by atoms with Crippen LogP contribution in [0.2, 0.25) is 0 Å². The SMILES string of the molecule is CC(C)N[C@@H]1CCc2c(sc3ncn(CCc4ccc(F)cc4)c(=O)c23)C1. The summed E-state index contributed by atoms with van der Waals surface area (Å²) >= 11 is 1.66. The molecule has 0 fully saturated rings. The highest BCUT2D eigenvalue weighted by Gasteiger charge is 2.25. The Kier molecular flexibility index (Phi) is 5.10. The van der Waals surface area contributed by atoms with Gasteiger partial charge in [0.05, 0.1) is 11.7 Å². The summed E-state index contributed by atoms with van der Waals surface area (Å²) in [5, 5.41) is 4.42. The summed E-state index contributed by atoms with van der Waals surface area (Å²) in [6, 6.07) is 7.38. The molecule has 1 aromatic carbocycles. The smallest absolute Gasteiger partial charge is 0.262 e. The number of halogens is 1. The van der Waals surface area contributed by atoms with Gasteiger partial charge in [-0.25, -0.2) is 9.37 Å². The Morgan fingerprint density at radius 2 is 2.11 bits per heavy atom. The predicted molar refractivity (Wildman–Crippen MR) is 108 cm³/mol. The quantitative estimate of drug-likeness (QED) is 0.729. The molecule has 1 aliphatic rings. The van der Waals surface area contributed by atoms with E-state index in [2.05, 4.69) is 24.1 Å². The minimum atomic E-state index is -0.242. The number of nitrogens with one attached hydrogen (secondary N) is 1. The highest BCUT2D eigenvalue weighted by molar-refractivity contribution is 7.18. The van der Waals surface area contributed by atoms with E-state index in [1.54, 1.807) is 34.4 Å². The molecule has 3 aromatic rings. The van der Waals surface area contributed by atoms with Crippen LogP contribution in [0.3, 0.4) is 0 Å². The fourth-order valence-corrected chi connectivity index (χ4v) is 5.13. The zero-order chi connectivity index (χ0) is 19.0. The van der Waals surface area contributed by atoms with Crippen LogP contribution in [0.5, 0.6) is 0 Å². The summed E-state index contributed by atoms with van der Waals surface area (Å²) < 4.78 is 14.7. The van der Waals surface area contributed by atoms with Gasteiger partial charge in [0.15, 0.2) is 0 Å². The number of fused-ring (bicyclic) bond motifs is 3. The van der Waals surface area contributed by atoms with Crippen molar-refractivity contribution in [3.05, 3.63) is 62.8 Å². The highest BCUT2D eigenvalue weighted by Crippen LogP contribution is 2.33. The van der Waals surface area contributed by atoms with E-state index >= 15 is 0 Å². The van der Waals surface area contributed by atoms with E-state index in [0.29, 0.717) is 25.0 Å². The number of nitrogens with zero attached hydrogens (tertiary/aromatic N) is 2. The molecular weight excluding hydrogens is 361 g/mol. The number of hydrogen-bond donors (Lipinski definition) is 1. The molecule has 27 heavy (non-hydrogen) atoms. The maximum Gasteiger partial charge on any atom is 0.262 e. The van der Waals surface area contributed by atoms with Crippen molar-refractivity contribution in [3.8, 4) is 0 Å². The first-order chi connectivity index (χ1) is 13.0. The lowest BCUT2D eigenvalue weighted by atomic mass is 9.92. The van der Waals surface area contributed by atoms with Crippen LogP contribution >= 0.6 is 11.3 Å². The average molecular weight is 386 g/mol. The van der Waals surface area contributed by atoms with Crippen molar-refractivity contribution < 1.29 is 4.39 Å². The molecule has 0 amide bonds. The second-order valence-corrected chi connectivity index (χ2v) is 8.65. The first-order valence-corrected chi connectivity index (χ1v) is 10.3. The summed E-state index contributed by atoms with van der Waals surface area (Å²) in [5.41, 5.74) is 2.26. The van der Waals surface area contributed by atoms with Crippen LogP contribution in [0.15, 0.2) is 35.4 Å². The fraction of sp³-hybridized carbons (Fsp3) is 0.429. The lowest BCUT2D eigenvalue weighted by Gasteiger charge is -2.25. The van der Waals surface area contributed by atoms with Gasteiger partial charge in [0, 0.05) is 23.5 Å². The van der Waals surface area contributed by atoms with E-state index in [1.807, 2.05) is 0 Å². The maximum atomic E-state index is 13.1. The minimum Gasteiger partial charge on any atom is -0.311 e. The third-order valence-electron chi connectivity index (χ3n) is 5.16. The molecule has 0 saturated heterocycles. The number of hydrogen-bond acceptors (Lipinski definition) is 4. The number of rotatable bonds is 5. The van der Waals surface area contributed by atoms with Gasteiger partial charge in [-0.2, -0.15) is 0 Å².